The van der Waals surface area contributed by atoms with Crippen molar-refractivity contribution in [1.29, 1.82) is 0 Å². The molecule has 0 aliphatic carbocycles. The smallest absolute Gasteiger partial charge is 0.326 e. The Hall–Kier alpha value is -1.73. The molecule has 5 nitrogen and oxygen atoms in total. The van der Waals surface area contributed by atoms with Crippen molar-refractivity contribution in [2.24, 2.45) is 0 Å². The van der Waals surface area contributed by atoms with Crippen LogP contribution in [0, 0.1) is 0 Å². The number of carboxylic acids is 1. The SMILES string of the molecule is C[C@H](C(=O)O)N1C(=O)/C(=C/c2ccncc2)SC1=S. The van der Waals surface area contributed by atoms with Crippen LogP contribution in [-0.2, 0) is 9.59 Å². The highest BCUT2D eigenvalue weighted by atomic mass is 32.2. The van der Waals surface area contributed by atoms with Crippen LogP contribution in [0.1, 0.15) is 12.5 Å². The van der Waals surface area contributed by atoms with Crippen LogP contribution in [0.3, 0.4) is 0 Å². The van der Waals surface area contributed by atoms with Gasteiger partial charge in [-0.1, -0.05) is 24.0 Å². The molecule has 1 saturated heterocycles. The van der Waals surface area contributed by atoms with Crippen molar-refractivity contribution in [3.8, 4) is 0 Å². The molecular formula is C12H10N2O3S2. The van der Waals surface area contributed by atoms with Crippen LogP contribution in [0.4, 0.5) is 0 Å². The van der Waals surface area contributed by atoms with Crippen molar-refractivity contribution in [3.05, 3.63) is 35.0 Å². The highest BCUT2D eigenvalue weighted by Crippen LogP contribution is 2.33. The molecule has 1 amide bonds. The molecule has 1 aromatic rings. The lowest BCUT2D eigenvalue weighted by molar-refractivity contribution is -0.144. The number of thioether (sulfide) groups is 1. The van der Waals surface area contributed by atoms with E-state index in [9.17, 15) is 9.59 Å². The third-order valence-electron chi connectivity index (χ3n) is 2.57. The first-order valence-corrected chi connectivity index (χ1v) is 6.63. The Kier molecular flexibility index (Phi) is 3.96. The van der Waals surface area contributed by atoms with E-state index in [1.54, 1.807) is 30.6 Å². The zero-order valence-corrected chi connectivity index (χ0v) is 11.6. The van der Waals surface area contributed by atoms with Gasteiger partial charge in [-0.3, -0.25) is 14.7 Å². The Balaban J connectivity index is 2.28. The maximum Gasteiger partial charge on any atom is 0.326 e. The van der Waals surface area contributed by atoms with Gasteiger partial charge in [-0.25, -0.2) is 4.79 Å². The first kappa shape index (κ1) is 13.7. The second-order valence-corrected chi connectivity index (χ2v) is 5.52. The van der Waals surface area contributed by atoms with Gasteiger partial charge in [-0.05, 0) is 30.7 Å². The number of carbonyl (C=O) groups excluding carboxylic acids is 1. The van der Waals surface area contributed by atoms with Gasteiger partial charge in [-0.15, -0.1) is 0 Å². The lowest BCUT2D eigenvalue weighted by atomic mass is 10.2. The molecule has 1 aromatic heterocycles. The second kappa shape index (κ2) is 5.50. The molecule has 1 aliphatic heterocycles. The second-order valence-electron chi connectivity index (χ2n) is 3.85. The summed E-state index contributed by atoms with van der Waals surface area (Å²) in [4.78, 5) is 28.5. The molecule has 1 atom stereocenters. The zero-order chi connectivity index (χ0) is 14.0. The highest BCUT2D eigenvalue weighted by molar-refractivity contribution is 8.26. The summed E-state index contributed by atoms with van der Waals surface area (Å²) in [6.07, 6.45) is 4.91. The largest absolute Gasteiger partial charge is 0.480 e. The number of hydrogen-bond acceptors (Lipinski definition) is 5. The number of rotatable bonds is 3. The molecule has 2 heterocycles. The van der Waals surface area contributed by atoms with E-state index < -0.39 is 12.0 Å². The molecule has 0 aromatic carbocycles. The van der Waals surface area contributed by atoms with Gasteiger partial charge in [0.05, 0.1) is 4.91 Å². The number of aliphatic carboxylic acids is 1. The minimum Gasteiger partial charge on any atom is -0.480 e. The first-order valence-electron chi connectivity index (χ1n) is 5.40. The van der Waals surface area contributed by atoms with Gasteiger partial charge in [0.2, 0.25) is 0 Å². The molecule has 1 N–H and O–H groups in total. The molecule has 0 unspecified atom stereocenters. The molecular weight excluding hydrogens is 284 g/mol. The van der Waals surface area contributed by atoms with Crippen LogP contribution >= 0.6 is 24.0 Å². The number of aromatic nitrogens is 1. The van der Waals surface area contributed by atoms with E-state index in [1.807, 2.05) is 0 Å². The number of hydrogen-bond donors (Lipinski definition) is 1. The Labute approximate surface area is 119 Å². The summed E-state index contributed by atoms with van der Waals surface area (Å²) >= 11 is 6.17. The molecule has 0 spiro atoms. The summed E-state index contributed by atoms with van der Waals surface area (Å²) in [6, 6.07) is 2.55. The maximum absolute atomic E-state index is 12.1. The number of amides is 1. The van der Waals surface area contributed by atoms with E-state index in [0.717, 1.165) is 22.2 Å². The summed E-state index contributed by atoms with van der Waals surface area (Å²) in [5.41, 5.74) is 0.818. The average Bonchev–Trinajstić information content (AvgIpc) is 2.65. The van der Waals surface area contributed by atoms with Crippen molar-refractivity contribution in [3.63, 3.8) is 0 Å². The number of carbonyl (C=O) groups is 2. The normalized spacial score (nSPS) is 19.0. The minimum absolute atomic E-state index is 0.264. The summed E-state index contributed by atoms with van der Waals surface area (Å²) in [7, 11) is 0. The first-order chi connectivity index (χ1) is 9.00. The summed E-state index contributed by atoms with van der Waals surface area (Å²) in [5, 5.41) is 8.96. The number of pyridine rings is 1. The van der Waals surface area contributed by atoms with Crippen LogP contribution in [0.2, 0.25) is 0 Å². The van der Waals surface area contributed by atoms with Crippen molar-refractivity contribution in [2.45, 2.75) is 13.0 Å². The van der Waals surface area contributed by atoms with E-state index in [1.165, 1.54) is 6.92 Å². The average molecular weight is 294 g/mol. The van der Waals surface area contributed by atoms with Crippen LogP contribution in [0.15, 0.2) is 29.4 Å². The van der Waals surface area contributed by atoms with E-state index >= 15 is 0 Å². The molecule has 1 aliphatic rings. The van der Waals surface area contributed by atoms with E-state index in [2.05, 4.69) is 4.98 Å². The molecule has 0 radical (unpaired) electrons. The van der Waals surface area contributed by atoms with Gasteiger partial charge in [-0.2, -0.15) is 0 Å². The summed E-state index contributed by atoms with van der Waals surface area (Å²) < 4.78 is 0.264. The Bertz CT molecular complexity index is 572. The van der Waals surface area contributed by atoms with E-state index in [-0.39, 0.29) is 10.2 Å². The molecule has 2 rings (SSSR count). The fourth-order valence-corrected chi connectivity index (χ4v) is 2.95. The minimum atomic E-state index is -1.08. The quantitative estimate of drug-likeness (QED) is 0.676. The zero-order valence-electron chi connectivity index (χ0n) is 9.94. The molecule has 7 heteroatoms. The topological polar surface area (TPSA) is 70.5 Å². The van der Waals surface area contributed by atoms with Crippen molar-refractivity contribution in [1.82, 2.24) is 9.88 Å². The Morgan fingerprint density at radius 3 is 2.74 bits per heavy atom. The molecule has 19 heavy (non-hydrogen) atoms. The van der Waals surface area contributed by atoms with E-state index in [4.69, 9.17) is 17.3 Å². The predicted octanol–water partition coefficient (Wildman–Crippen LogP) is 1.76. The van der Waals surface area contributed by atoms with Crippen LogP contribution in [-0.4, -0.2) is 37.2 Å². The van der Waals surface area contributed by atoms with Crippen molar-refractivity contribution in [2.75, 3.05) is 0 Å². The van der Waals surface area contributed by atoms with Gasteiger partial charge >= 0.3 is 5.97 Å². The molecule has 1 fully saturated rings. The lowest BCUT2D eigenvalue weighted by Gasteiger charge is -2.18. The van der Waals surface area contributed by atoms with E-state index in [0.29, 0.717) is 4.91 Å². The fourth-order valence-electron chi connectivity index (χ4n) is 1.54. The summed E-state index contributed by atoms with van der Waals surface area (Å²) in [6.45, 7) is 1.43. The Morgan fingerprint density at radius 1 is 1.53 bits per heavy atom. The monoisotopic (exact) mass is 294 g/mol. The number of thiocarbonyl (C=S) groups is 1. The molecule has 98 valence electrons. The Morgan fingerprint density at radius 2 is 2.16 bits per heavy atom. The van der Waals surface area contributed by atoms with Gasteiger partial charge in [0, 0.05) is 12.4 Å². The predicted molar refractivity (Wildman–Crippen MR) is 76.3 cm³/mol. The fraction of sp³-hybridized carbons (Fsp3) is 0.167. The maximum atomic E-state index is 12.1. The number of carboxylic acid groups (broad SMARTS) is 1. The third kappa shape index (κ3) is 2.82. The van der Waals surface area contributed by atoms with Crippen LogP contribution in [0.25, 0.3) is 6.08 Å². The molecule has 0 saturated carbocycles. The van der Waals surface area contributed by atoms with Crippen LogP contribution in [0.5, 0.6) is 0 Å². The third-order valence-corrected chi connectivity index (χ3v) is 3.90. The van der Waals surface area contributed by atoms with Crippen molar-refractivity contribution >= 4 is 46.3 Å². The van der Waals surface area contributed by atoms with Crippen molar-refractivity contribution < 1.29 is 14.7 Å². The van der Waals surface area contributed by atoms with Gasteiger partial charge in [0.25, 0.3) is 5.91 Å². The molecule has 0 bridgehead atoms. The lowest BCUT2D eigenvalue weighted by Crippen LogP contribution is -2.41. The standard InChI is InChI=1S/C12H10N2O3S2/c1-7(11(16)17)14-10(15)9(19-12(14)18)6-8-2-4-13-5-3-8/h2-7H,1H3,(H,16,17)/b9-6-/t7-/m1/s1. The highest BCUT2D eigenvalue weighted by Gasteiger charge is 2.38. The van der Waals surface area contributed by atoms with Crippen LogP contribution < -0.4 is 0 Å². The van der Waals surface area contributed by atoms with Gasteiger partial charge < -0.3 is 5.11 Å². The number of nitrogens with zero attached hydrogens (tertiary/aromatic N) is 2. The van der Waals surface area contributed by atoms with Gasteiger partial charge in [0.1, 0.15) is 10.4 Å². The van der Waals surface area contributed by atoms with Gasteiger partial charge in [0.15, 0.2) is 0 Å². The summed E-state index contributed by atoms with van der Waals surface area (Å²) in [5.74, 6) is -1.46.